The lowest BCUT2D eigenvalue weighted by Gasteiger charge is -2.04. The summed E-state index contributed by atoms with van der Waals surface area (Å²) in [5.41, 5.74) is 0. The molecule has 0 aromatic carbocycles. The van der Waals surface area contributed by atoms with Gasteiger partial charge in [0.25, 0.3) is 0 Å². The van der Waals surface area contributed by atoms with E-state index in [-0.39, 0.29) is 5.91 Å². The molecule has 1 atom stereocenters. The Morgan fingerprint density at radius 2 is 2.13 bits per heavy atom. The van der Waals surface area contributed by atoms with Gasteiger partial charge in [0.2, 0.25) is 5.91 Å². The third-order valence-corrected chi connectivity index (χ3v) is 3.12. The van der Waals surface area contributed by atoms with E-state index < -0.39 is 10.8 Å². The van der Waals surface area contributed by atoms with Gasteiger partial charge in [-0.2, -0.15) is 0 Å². The maximum atomic E-state index is 11.2. The van der Waals surface area contributed by atoms with Crippen LogP contribution < -0.4 is 10.6 Å². The van der Waals surface area contributed by atoms with Crippen LogP contribution >= 0.6 is 0 Å². The van der Waals surface area contributed by atoms with E-state index in [1.54, 1.807) is 6.26 Å². The molecule has 1 unspecified atom stereocenters. The van der Waals surface area contributed by atoms with Gasteiger partial charge in [-0.1, -0.05) is 0 Å². The molecule has 1 rings (SSSR count). The van der Waals surface area contributed by atoms with Crippen LogP contribution in [0.4, 0.5) is 0 Å². The highest BCUT2D eigenvalue weighted by atomic mass is 32.2. The summed E-state index contributed by atoms with van der Waals surface area (Å²) in [5, 5.41) is 6.11. The highest BCUT2D eigenvalue weighted by Crippen LogP contribution is 2.18. The molecule has 0 aromatic rings. The monoisotopic (exact) mass is 232 g/mol. The van der Waals surface area contributed by atoms with Crippen LogP contribution in [-0.2, 0) is 15.6 Å². The van der Waals surface area contributed by atoms with Crippen molar-refractivity contribution in [1.82, 2.24) is 10.6 Å². The number of hydrogen-bond donors (Lipinski definition) is 2. The van der Waals surface area contributed by atoms with Gasteiger partial charge in [-0.15, -0.1) is 0 Å². The van der Waals surface area contributed by atoms with E-state index in [4.69, 9.17) is 0 Å². The van der Waals surface area contributed by atoms with Gasteiger partial charge in [-0.25, -0.2) is 0 Å². The topological polar surface area (TPSA) is 58.2 Å². The van der Waals surface area contributed by atoms with Crippen molar-refractivity contribution >= 4 is 16.7 Å². The molecule has 0 saturated heterocycles. The number of rotatable bonds is 8. The fourth-order valence-corrected chi connectivity index (χ4v) is 1.81. The van der Waals surface area contributed by atoms with Crippen LogP contribution in [0.1, 0.15) is 25.7 Å². The minimum Gasteiger partial charge on any atom is -0.353 e. The average molecular weight is 232 g/mol. The normalized spacial score (nSPS) is 17.4. The molecule has 0 aromatic heterocycles. The van der Waals surface area contributed by atoms with E-state index >= 15 is 0 Å². The summed E-state index contributed by atoms with van der Waals surface area (Å²) in [4.78, 5) is 11.2. The van der Waals surface area contributed by atoms with E-state index in [9.17, 15) is 9.00 Å². The standard InChI is InChI=1S/C10H20N2O2S/c1-15(14)8-2-6-11-7-5-10(13)12-9-3-4-9/h9,11H,2-8H2,1H3,(H,12,13). The number of hydrogen-bond acceptors (Lipinski definition) is 3. The zero-order valence-corrected chi connectivity index (χ0v) is 10.1. The molecule has 0 bridgehead atoms. The second-order valence-electron chi connectivity index (χ2n) is 3.97. The molecule has 0 spiro atoms. The van der Waals surface area contributed by atoms with Crippen molar-refractivity contribution in [3.63, 3.8) is 0 Å². The lowest BCUT2D eigenvalue weighted by Crippen LogP contribution is -2.29. The summed E-state index contributed by atoms with van der Waals surface area (Å²) in [6, 6.07) is 0.458. The number of amides is 1. The predicted octanol–water partition coefficient (Wildman–Crippen LogP) is 0.0133. The second-order valence-corrected chi connectivity index (χ2v) is 5.53. The fourth-order valence-electron chi connectivity index (χ4n) is 1.25. The van der Waals surface area contributed by atoms with Crippen LogP contribution in [-0.4, -0.2) is 41.3 Å². The second kappa shape index (κ2) is 6.95. The van der Waals surface area contributed by atoms with Gasteiger partial charge in [0.05, 0.1) is 0 Å². The number of carbonyl (C=O) groups is 1. The van der Waals surface area contributed by atoms with E-state index in [0.29, 0.717) is 12.5 Å². The summed E-state index contributed by atoms with van der Waals surface area (Å²) in [6.45, 7) is 1.56. The number of nitrogens with one attached hydrogen (secondary N) is 2. The predicted molar refractivity (Wildman–Crippen MR) is 62.2 cm³/mol. The van der Waals surface area contributed by atoms with Gasteiger partial charge in [0, 0.05) is 41.8 Å². The molecule has 0 aliphatic heterocycles. The fraction of sp³-hybridized carbons (Fsp3) is 0.900. The summed E-state index contributed by atoms with van der Waals surface area (Å²) < 4.78 is 10.7. The molecule has 5 heteroatoms. The van der Waals surface area contributed by atoms with Crippen LogP contribution in [0.15, 0.2) is 0 Å². The molecule has 1 saturated carbocycles. The van der Waals surface area contributed by atoms with Crippen molar-refractivity contribution in [3.8, 4) is 0 Å². The minimum atomic E-state index is -0.699. The Bertz CT molecular complexity index is 229. The third-order valence-electron chi connectivity index (χ3n) is 2.26. The Morgan fingerprint density at radius 1 is 1.40 bits per heavy atom. The first-order valence-electron chi connectivity index (χ1n) is 5.48. The third kappa shape index (κ3) is 7.50. The molecule has 15 heavy (non-hydrogen) atoms. The molecular weight excluding hydrogens is 212 g/mol. The summed E-state index contributed by atoms with van der Waals surface area (Å²) in [6.07, 6.45) is 5.45. The van der Waals surface area contributed by atoms with Crippen molar-refractivity contribution in [2.45, 2.75) is 31.7 Å². The quantitative estimate of drug-likeness (QED) is 0.580. The highest BCUT2D eigenvalue weighted by Gasteiger charge is 2.22. The lowest BCUT2D eigenvalue weighted by molar-refractivity contribution is -0.121. The van der Waals surface area contributed by atoms with Crippen molar-refractivity contribution in [1.29, 1.82) is 0 Å². The lowest BCUT2D eigenvalue weighted by atomic mass is 10.3. The Labute approximate surface area is 93.7 Å². The molecule has 4 nitrogen and oxygen atoms in total. The van der Waals surface area contributed by atoms with Gasteiger partial charge in [0.15, 0.2) is 0 Å². The van der Waals surface area contributed by atoms with Crippen molar-refractivity contribution in [3.05, 3.63) is 0 Å². The van der Waals surface area contributed by atoms with Crippen molar-refractivity contribution in [2.24, 2.45) is 0 Å². The Balaban J connectivity index is 1.83. The van der Waals surface area contributed by atoms with Crippen LogP contribution in [0.3, 0.4) is 0 Å². The molecule has 1 aliphatic rings. The average Bonchev–Trinajstić information content (AvgIpc) is 2.94. The van der Waals surface area contributed by atoms with E-state index in [2.05, 4.69) is 10.6 Å². The van der Waals surface area contributed by atoms with Gasteiger partial charge < -0.3 is 10.6 Å². The van der Waals surface area contributed by atoms with Crippen LogP contribution in [0.25, 0.3) is 0 Å². The van der Waals surface area contributed by atoms with E-state index in [1.165, 1.54) is 0 Å². The van der Waals surface area contributed by atoms with Gasteiger partial charge in [-0.3, -0.25) is 9.00 Å². The van der Waals surface area contributed by atoms with Gasteiger partial charge in [-0.05, 0) is 25.8 Å². The van der Waals surface area contributed by atoms with E-state index in [0.717, 1.165) is 38.1 Å². The highest BCUT2D eigenvalue weighted by molar-refractivity contribution is 7.84. The molecule has 0 radical (unpaired) electrons. The Kier molecular flexibility index (Phi) is 5.86. The zero-order chi connectivity index (χ0) is 11.1. The molecule has 1 amide bonds. The molecule has 1 aliphatic carbocycles. The number of carbonyl (C=O) groups excluding carboxylic acids is 1. The van der Waals surface area contributed by atoms with Crippen molar-refractivity contribution in [2.75, 3.05) is 25.1 Å². The van der Waals surface area contributed by atoms with Gasteiger partial charge >= 0.3 is 0 Å². The smallest absolute Gasteiger partial charge is 0.221 e. The molecular formula is C10H20N2O2S. The first kappa shape index (κ1) is 12.6. The Morgan fingerprint density at radius 3 is 2.73 bits per heavy atom. The van der Waals surface area contributed by atoms with Crippen molar-refractivity contribution < 1.29 is 9.00 Å². The van der Waals surface area contributed by atoms with Gasteiger partial charge in [0.1, 0.15) is 0 Å². The van der Waals surface area contributed by atoms with Crippen LogP contribution in [0.5, 0.6) is 0 Å². The molecule has 0 heterocycles. The minimum absolute atomic E-state index is 0.143. The molecule has 2 N–H and O–H groups in total. The summed E-state index contributed by atoms with van der Waals surface area (Å²) in [5.74, 6) is 0.880. The summed E-state index contributed by atoms with van der Waals surface area (Å²) >= 11 is 0. The van der Waals surface area contributed by atoms with Crippen LogP contribution in [0.2, 0.25) is 0 Å². The maximum Gasteiger partial charge on any atom is 0.221 e. The summed E-state index contributed by atoms with van der Waals surface area (Å²) in [7, 11) is -0.699. The largest absolute Gasteiger partial charge is 0.353 e. The first-order chi connectivity index (χ1) is 7.18. The Hall–Kier alpha value is -0.420. The zero-order valence-electron chi connectivity index (χ0n) is 9.25. The molecule has 88 valence electrons. The van der Waals surface area contributed by atoms with Crippen LogP contribution in [0, 0.1) is 0 Å². The maximum absolute atomic E-state index is 11.2. The SMILES string of the molecule is CS(=O)CCCNCCC(=O)NC1CC1. The molecule has 1 fully saturated rings. The van der Waals surface area contributed by atoms with E-state index in [1.807, 2.05) is 0 Å². The first-order valence-corrected chi connectivity index (χ1v) is 7.21.